The van der Waals surface area contributed by atoms with E-state index >= 15 is 0 Å². The second-order valence-electron chi connectivity index (χ2n) is 5.30. The normalized spacial score (nSPS) is 16.0. The van der Waals surface area contributed by atoms with Gasteiger partial charge in [-0.15, -0.1) is 0 Å². The van der Waals surface area contributed by atoms with E-state index in [0.717, 1.165) is 41.5 Å². The largest absolute Gasteiger partial charge is 0.370 e. The Labute approximate surface area is 135 Å². The van der Waals surface area contributed by atoms with Crippen molar-refractivity contribution < 1.29 is 0 Å². The van der Waals surface area contributed by atoms with E-state index < -0.39 is 0 Å². The second kappa shape index (κ2) is 6.87. The number of hydrogen-bond acceptors (Lipinski definition) is 3. The van der Waals surface area contributed by atoms with Gasteiger partial charge in [-0.1, -0.05) is 18.2 Å². The van der Waals surface area contributed by atoms with Crippen molar-refractivity contribution in [3.8, 4) is 5.69 Å². The van der Waals surface area contributed by atoms with E-state index in [1.54, 1.807) is 0 Å². The van der Waals surface area contributed by atoms with Crippen LogP contribution >= 0.6 is 11.8 Å². The zero-order chi connectivity index (χ0) is 15.4. The van der Waals surface area contributed by atoms with Crippen molar-refractivity contribution in [2.24, 2.45) is 10.7 Å². The average molecular weight is 315 g/mol. The number of para-hydroxylation sites is 1. The number of hydrogen-bond donors (Lipinski definition) is 1. The fourth-order valence-electron chi connectivity index (χ4n) is 2.48. The lowest BCUT2D eigenvalue weighted by molar-refractivity contribution is 0.455. The van der Waals surface area contributed by atoms with Crippen LogP contribution in [-0.4, -0.2) is 45.2 Å². The minimum atomic E-state index is 0.574. The first-order chi connectivity index (χ1) is 10.7. The molecular formula is C16H21N5S. The zero-order valence-electron chi connectivity index (χ0n) is 12.8. The lowest BCUT2D eigenvalue weighted by atomic mass is 10.2. The lowest BCUT2D eigenvalue weighted by Crippen LogP contribution is -2.42. The van der Waals surface area contributed by atoms with E-state index in [4.69, 9.17) is 5.73 Å². The van der Waals surface area contributed by atoms with Crippen molar-refractivity contribution in [2.45, 2.75) is 13.5 Å². The highest BCUT2D eigenvalue weighted by atomic mass is 32.2. The van der Waals surface area contributed by atoms with Gasteiger partial charge in [-0.3, -0.25) is 0 Å². The van der Waals surface area contributed by atoms with Gasteiger partial charge in [0.25, 0.3) is 0 Å². The van der Waals surface area contributed by atoms with Gasteiger partial charge in [0.05, 0.1) is 17.9 Å². The summed E-state index contributed by atoms with van der Waals surface area (Å²) >= 11 is 1.97. The van der Waals surface area contributed by atoms with Crippen molar-refractivity contribution in [3.05, 3.63) is 47.8 Å². The number of rotatable bonds is 3. The highest BCUT2D eigenvalue weighted by Gasteiger charge is 2.12. The summed E-state index contributed by atoms with van der Waals surface area (Å²) in [5.41, 5.74) is 9.32. The maximum atomic E-state index is 6.13. The van der Waals surface area contributed by atoms with Gasteiger partial charge in [-0.2, -0.15) is 16.9 Å². The van der Waals surface area contributed by atoms with E-state index in [0.29, 0.717) is 12.5 Å². The molecule has 1 aromatic heterocycles. The Morgan fingerprint density at radius 1 is 1.27 bits per heavy atom. The molecule has 5 nitrogen and oxygen atoms in total. The molecule has 1 saturated heterocycles. The Bertz CT molecular complexity index is 658. The maximum Gasteiger partial charge on any atom is 0.191 e. The number of thioether (sulfide) groups is 1. The number of nitrogens with two attached hydrogens (primary N) is 1. The molecule has 0 saturated carbocycles. The van der Waals surface area contributed by atoms with Crippen LogP contribution in [-0.2, 0) is 6.54 Å². The first-order valence-corrected chi connectivity index (χ1v) is 8.62. The van der Waals surface area contributed by atoms with Gasteiger partial charge in [0.2, 0.25) is 0 Å². The van der Waals surface area contributed by atoms with Crippen LogP contribution in [0.2, 0.25) is 0 Å². The third kappa shape index (κ3) is 3.44. The highest BCUT2D eigenvalue weighted by Crippen LogP contribution is 2.16. The van der Waals surface area contributed by atoms with Crippen molar-refractivity contribution in [2.75, 3.05) is 24.6 Å². The quantitative estimate of drug-likeness (QED) is 0.695. The number of aliphatic imine (C=N–C) groups is 1. The molecule has 1 fully saturated rings. The molecule has 0 bridgehead atoms. The summed E-state index contributed by atoms with van der Waals surface area (Å²) in [6.45, 7) is 4.54. The third-order valence-corrected chi connectivity index (χ3v) is 4.65. The van der Waals surface area contributed by atoms with Crippen LogP contribution in [0.3, 0.4) is 0 Å². The van der Waals surface area contributed by atoms with Crippen molar-refractivity contribution in [1.29, 1.82) is 0 Å². The van der Waals surface area contributed by atoms with Gasteiger partial charge >= 0.3 is 0 Å². The molecule has 0 amide bonds. The van der Waals surface area contributed by atoms with Crippen LogP contribution in [0.5, 0.6) is 0 Å². The standard InChI is InChI=1S/C16H21N5S/c1-13-6-7-21(19-13)15-5-3-2-4-14(15)12-18-16(17)20-8-10-22-11-9-20/h2-7H,8-12H2,1H3,(H2,17,18). The molecule has 0 unspecified atom stereocenters. The van der Waals surface area contributed by atoms with Crippen LogP contribution in [0.15, 0.2) is 41.5 Å². The molecule has 0 radical (unpaired) electrons. The summed E-state index contributed by atoms with van der Waals surface area (Å²) in [6.07, 6.45) is 1.98. The first-order valence-electron chi connectivity index (χ1n) is 7.47. The Balaban J connectivity index is 1.77. The van der Waals surface area contributed by atoms with E-state index in [-0.39, 0.29) is 0 Å². The summed E-state index contributed by atoms with van der Waals surface area (Å²) in [7, 11) is 0. The van der Waals surface area contributed by atoms with E-state index in [1.807, 2.05) is 47.8 Å². The molecule has 2 aromatic rings. The topological polar surface area (TPSA) is 59.4 Å². The van der Waals surface area contributed by atoms with Crippen LogP contribution in [0.1, 0.15) is 11.3 Å². The fourth-order valence-corrected chi connectivity index (χ4v) is 3.38. The molecule has 2 N–H and O–H groups in total. The molecule has 0 atom stereocenters. The number of guanidine groups is 1. The van der Waals surface area contributed by atoms with Gasteiger partial charge in [0, 0.05) is 30.8 Å². The number of benzene rings is 1. The van der Waals surface area contributed by atoms with Crippen LogP contribution in [0.4, 0.5) is 0 Å². The minimum absolute atomic E-state index is 0.574. The predicted octanol–water partition coefficient (Wildman–Crippen LogP) is 2.04. The summed E-state index contributed by atoms with van der Waals surface area (Å²) in [6, 6.07) is 10.2. The minimum Gasteiger partial charge on any atom is -0.370 e. The Hall–Kier alpha value is -1.95. The van der Waals surface area contributed by atoms with E-state index in [1.165, 1.54) is 0 Å². The van der Waals surface area contributed by atoms with Crippen LogP contribution in [0.25, 0.3) is 5.69 Å². The van der Waals surface area contributed by atoms with Gasteiger partial charge in [-0.05, 0) is 24.6 Å². The molecule has 22 heavy (non-hydrogen) atoms. The second-order valence-corrected chi connectivity index (χ2v) is 6.53. The van der Waals surface area contributed by atoms with E-state index in [2.05, 4.69) is 27.1 Å². The summed E-state index contributed by atoms with van der Waals surface area (Å²) in [5.74, 6) is 2.89. The van der Waals surface area contributed by atoms with Gasteiger partial charge in [0.1, 0.15) is 0 Å². The molecule has 0 aliphatic carbocycles. The molecule has 1 aromatic carbocycles. The Kier molecular flexibility index (Phi) is 4.68. The average Bonchev–Trinajstić information content (AvgIpc) is 3.00. The Morgan fingerprint density at radius 2 is 2.05 bits per heavy atom. The number of aromatic nitrogens is 2. The molecule has 6 heteroatoms. The molecular weight excluding hydrogens is 294 g/mol. The van der Waals surface area contributed by atoms with Crippen LogP contribution in [0, 0.1) is 6.92 Å². The molecule has 1 aliphatic heterocycles. The number of aryl methyl sites for hydroxylation is 1. The van der Waals surface area contributed by atoms with Gasteiger partial charge in [-0.25, -0.2) is 9.67 Å². The van der Waals surface area contributed by atoms with Crippen molar-refractivity contribution in [3.63, 3.8) is 0 Å². The molecule has 2 heterocycles. The van der Waals surface area contributed by atoms with Crippen molar-refractivity contribution in [1.82, 2.24) is 14.7 Å². The van der Waals surface area contributed by atoms with Gasteiger partial charge in [0.15, 0.2) is 5.96 Å². The molecule has 1 aliphatic rings. The van der Waals surface area contributed by atoms with E-state index in [9.17, 15) is 0 Å². The first kappa shape index (κ1) is 15.0. The third-order valence-electron chi connectivity index (χ3n) is 3.71. The van der Waals surface area contributed by atoms with Crippen molar-refractivity contribution >= 4 is 17.7 Å². The van der Waals surface area contributed by atoms with Gasteiger partial charge < -0.3 is 10.6 Å². The zero-order valence-corrected chi connectivity index (χ0v) is 13.6. The predicted molar refractivity (Wildman–Crippen MR) is 92.5 cm³/mol. The monoisotopic (exact) mass is 315 g/mol. The lowest BCUT2D eigenvalue weighted by Gasteiger charge is -2.27. The van der Waals surface area contributed by atoms with Crippen LogP contribution < -0.4 is 5.73 Å². The number of nitrogens with zero attached hydrogens (tertiary/aromatic N) is 4. The SMILES string of the molecule is Cc1ccn(-c2ccccc2CN=C(N)N2CCSCC2)n1. The maximum absolute atomic E-state index is 6.13. The summed E-state index contributed by atoms with van der Waals surface area (Å²) in [5, 5.41) is 4.48. The highest BCUT2D eigenvalue weighted by molar-refractivity contribution is 7.99. The smallest absolute Gasteiger partial charge is 0.191 e. The molecule has 116 valence electrons. The summed E-state index contributed by atoms with van der Waals surface area (Å²) < 4.78 is 1.90. The Morgan fingerprint density at radius 3 is 2.77 bits per heavy atom. The molecule has 0 spiro atoms. The molecule has 3 rings (SSSR count). The summed E-state index contributed by atoms with van der Waals surface area (Å²) in [4.78, 5) is 6.74. The fraction of sp³-hybridized carbons (Fsp3) is 0.375.